The molecule has 1 aromatic carbocycles. The Balaban J connectivity index is 2.96. The first kappa shape index (κ1) is 6.80. The minimum atomic E-state index is 0.883. The molecular weight excluding hydrogens is 156 g/mol. The quantitative estimate of drug-likeness (QED) is 0.590. The van der Waals surface area contributed by atoms with Crippen LogP contribution in [0.3, 0.4) is 0 Å². The first-order chi connectivity index (χ1) is 5.29. The number of hydrogen-bond donors (Lipinski definition) is 1. The lowest BCUT2D eigenvalue weighted by Gasteiger charge is -1.95. The number of aryl methyl sites for hydroxylation is 1. The molecular formula is C9H8OS. The molecule has 1 aromatic heterocycles. The molecule has 0 spiro atoms. The molecule has 0 N–H and O–H groups in total. The maximum absolute atomic E-state index is 5.25. The molecule has 1 nitrogen and oxygen atoms in total. The van der Waals surface area contributed by atoms with E-state index >= 15 is 0 Å². The summed E-state index contributed by atoms with van der Waals surface area (Å²) in [5, 5.41) is 1.15. The highest BCUT2D eigenvalue weighted by Crippen LogP contribution is 2.25. The van der Waals surface area contributed by atoms with Crippen LogP contribution in [0.4, 0.5) is 0 Å². The zero-order valence-corrected chi connectivity index (χ0v) is 7.06. The number of furan rings is 1. The largest absolute Gasteiger partial charge is 0.463 e. The normalized spacial score (nSPS) is 10.7. The maximum Gasteiger partial charge on any atom is 0.147 e. The van der Waals surface area contributed by atoms with E-state index in [0.717, 1.165) is 15.9 Å². The van der Waals surface area contributed by atoms with E-state index in [-0.39, 0.29) is 0 Å². The van der Waals surface area contributed by atoms with E-state index in [9.17, 15) is 0 Å². The minimum absolute atomic E-state index is 0.883. The molecule has 2 aromatic rings. The van der Waals surface area contributed by atoms with Gasteiger partial charge in [-0.1, -0.05) is 6.07 Å². The number of thiol groups is 1. The first-order valence-corrected chi connectivity index (χ1v) is 3.89. The van der Waals surface area contributed by atoms with E-state index in [2.05, 4.69) is 19.6 Å². The lowest BCUT2D eigenvalue weighted by Crippen LogP contribution is -1.73. The molecule has 0 saturated heterocycles. The zero-order valence-electron chi connectivity index (χ0n) is 6.16. The van der Waals surface area contributed by atoms with Crippen LogP contribution < -0.4 is 0 Å². The molecule has 11 heavy (non-hydrogen) atoms. The lowest BCUT2D eigenvalue weighted by molar-refractivity contribution is 0.608. The average molecular weight is 164 g/mol. The van der Waals surface area contributed by atoms with E-state index in [1.54, 1.807) is 6.26 Å². The van der Waals surface area contributed by atoms with Gasteiger partial charge in [0.05, 0.1) is 6.26 Å². The molecule has 0 aliphatic heterocycles. The molecule has 1 heterocycles. The molecule has 0 aliphatic carbocycles. The van der Waals surface area contributed by atoms with Crippen molar-refractivity contribution in [2.45, 2.75) is 11.8 Å². The third kappa shape index (κ3) is 0.942. The van der Waals surface area contributed by atoms with Crippen LogP contribution in [-0.2, 0) is 0 Å². The fourth-order valence-electron chi connectivity index (χ4n) is 1.19. The summed E-state index contributed by atoms with van der Waals surface area (Å²) < 4.78 is 5.25. The number of hydrogen-bond acceptors (Lipinski definition) is 2. The monoisotopic (exact) mass is 164 g/mol. The van der Waals surface area contributed by atoms with Gasteiger partial charge in [0, 0.05) is 10.3 Å². The van der Waals surface area contributed by atoms with Crippen molar-refractivity contribution >= 4 is 23.6 Å². The van der Waals surface area contributed by atoms with E-state index in [1.165, 1.54) is 5.56 Å². The molecule has 0 unspecified atom stereocenters. The second kappa shape index (κ2) is 2.31. The lowest BCUT2D eigenvalue weighted by atomic mass is 10.1. The minimum Gasteiger partial charge on any atom is -0.463 e. The molecule has 0 amide bonds. The Morgan fingerprint density at radius 2 is 2.09 bits per heavy atom. The number of rotatable bonds is 0. The highest BCUT2D eigenvalue weighted by atomic mass is 32.1. The summed E-state index contributed by atoms with van der Waals surface area (Å²) in [6.45, 7) is 2.06. The van der Waals surface area contributed by atoms with Crippen molar-refractivity contribution in [3.63, 3.8) is 0 Å². The highest BCUT2D eigenvalue weighted by molar-refractivity contribution is 7.80. The Kier molecular flexibility index (Phi) is 1.43. The summed E-state index contributed by atoms with van der Waals surface area (Å²) in [6, 6.07) is 5.95. The van der Waals surface area contributed by atoms with Crippen LogP contribution in [-0.4, -0.2) is 0 Å². The van der Waals surface area contributed by atoms with E-state index in [4.69, 9.17) is 4.42 Å². The molecule has 0 radical (unpaired) electrons. The standard InChI is InChI=1S/C9H8OS/c1-6-2-3-8(11)9-7(6)4-5-10-9/h2-5,11H,1H3. The van der Waals surface area contributed by atoms with Gasteiger partial charge in [-0.05, 0) is 24.6 Å². The van der Waals surface area contributed by atoms with Crippen LogP contribution in [0.1, 0.15) is 5.56 Å². The Bertz CT molecular complexity index is 353. The van der Waals surface area contributed by atoms with E-state index < -0.39 is 0 Å². The van der Waals surface area contributed by atoms with Gasteiger partial charge in [0.1, 0.15) is 5.58 Å². The Labute approximate surface area is 70.4 Å². The van der Waals surface area contributed by atoms with E-state index in [1.807, 2.05) is 18.2 Å². The summed E-state index contributed by atoms with van der Waals surface area (Å²) in [5.74, 6) is 0. The second-order valence-electron chi connectivity index (χ2n) is 2.56. The molecule has 2 rings (SSSR count). The van der Waals surface area contributed by atoms with Crippen molar-refractivity contribution in [2.75, 3.05) is 0 Å². The zero-order chi connectivity index (χ0) is 7.84. The summed E-state index contributed by atoms with van der Waals surface area (Å²) in [6.07, 6.45) is 1.69. The second-order valence-corrected chi connectivity index (χ2v) is 3.05. The van der Waals surface area contributed by atoms with Gasteiger partial charge in [-0.25, -0.2) is 0 Å². The van der Waals surface area contributed by atoms with Crippen molar-refractivity contribution < 1.29 is 4.42 Å². The van der Waals surface area contributed by atoms with Crippen LogP contribution in [0.5, 0.6) is 0 Å². The van der Waals surface area contributed by atoms with Crippen molar-refractivity contribution in [2.24, 2.45) is 0 Å². The smallest absolute Gasteiger partial charge is 0.147 e. The van der Waals surface area contributed by atoms with Crippen LogP contribution in [0.2, 0.25) is 0 Å². The van der Waals surface area contributed by atoms with Crippen molar-refractivity contribution in [3.05, 3.63) is 30.0 Å². The molecule has 0 bridgehead atoms. The third-order valence-electron chi connectivity index (χ3n) is 1.81. The molecule has 2 heteroatoms. The van der Waals surface area contributed by atoms with Gasteiger partial charge in [0.25, 0.3) is 0 Å². The molecule has 0 fully saturated rings. The van der Waals surface area contributed by atoms with Crippen molar-refractivity contribution in [1.82, 2.24) is 0 Å². The summed E-state index contributed by atoms with van der Waals surface area (Å²) >= 11 is 4.27. The molecule has 0 saturated carbocycles. The third-order valence-corrected chi connectivity index (χ3v) is 2.17. The Morgan fingerprint density at radius 3 is 2.82 bits per heavy atom. The van der Waals surface area contributed by atoms with Crippen molar-refractivity contribution in [1.29, 1.82) is 0 Å². The van der Waals surface area contributed by atoms with Gasteiger partial charge in [0.2, 0.25) is 0 Å². The predicted octanol–water partition coefficient (Wildman–Crippen LogP) is 3.03. The predicted molar refractivity (Wildman–Crippen MR) is 48.2 cm³/mol. The van der Waals surface area contributed by atoms with Crippen LogP contribution in [0.15, 0.2) is 33.8 Å². The van der Waals surface area contributed by atoms with Gasteiger partial charge in [-0.15, -0.1) is 12.6 Å². The summed E-state index contributed by atoms with van der Waals surface area (Å²) in [5.41, 5.74) is 2.11. The highest BCUT2D eigenvalue weighted by Gasteiger charge is 2.02. The van der Waals surface area contributed by atoms with Gasteiger partial charge in [-0.2, -0.15) is 0 Å². The van der Waals surface area contributed by atoms with Crippen LogP contribution in [0, 0.1) is 6.92 Å². The van der Waals surface area contributed by atoms with Gasteiger partial charge >= 0.3 is 0 Å². The maximum atomic E-state index is 5.25. The Morgan fingerprint density at radius 1 is 1.27 bits per heavy atom. The van der Waals surface area contributed by atoms with Gasteiger partial charge < -0.3 is 4.42 Å². The van der Waals surface area contributed by atoms with Gasteiger partial charge in [-0.3, -0.25) is 0 Å². The van der Waals surface area contributed by atoms with Crippen LogP contribution >= 0.6 is 12.6 Å². The number of fused-ring (bicyclic) bond motifs is 1. The molecule has 0 atom stereocenters. The fourth-order valence-corrected chi connectivity index (χ4v) is 1.44. The Hall–Kier alpha value is -0.890. The average Bonchev–Trinajstić information content (AvgIpc) is 2.45. The SMILES string of the molecule is Cc1ccc(S)c2occc12. The van der Waals surface area contributed by atoms with Crippen LogP contribution in [0.25, 0.3) is 11.0 Å². The first-order valence-electron chi connectivity index (χ1n) is 3.45. The molecule has 0 aliphatic rings. The number of benzene rings is 1. The summed E-state index contributed by atoms with van der Waals surface area (Å²) in [4.78, 5) is 0.899. The van der Waals surface area contributed by atoms with E-state index in [0.29, 0.717) is 0 Å². The topological polar surface area (TPSA) is 13.1 Å². The van der Waals surface area contributed by atoms with Crippen molar-refractivity contribution in [3.8, 4) is 0 Å². The fraction of sp³-hybridized carbons (Fsp3) is 0.111. The summed E-state index contributed by atoms with van der Waals surface area (Å²) in [7, 11) is 0. The molecule has 56 valence electrons. The van der Waals surface area contributed by atoms with Gasteiger partial charge in [0.15, 0.2) is 0 Å².